The van der Waals surface area contributed by atoms with Crippen LogP contribution in [0.4, 0.5) is 0 Å². The molecule has 86 valence electrons. The van der Waals surface area contributed by atoms with Crippen LogP contribution in [0.5, 0.6) is 0 Å². The fraction of sp³-hybridized carbons (Fsp3) is 0.917. The van der Waals surface area contributed by atoms with Gasteiger partial charge in [0.05, 0.1) is 11.5 Å². The topological polar surface area (TPSA) is 26.3 Å². The fourth-order valence-corrected chi connectivity index (χ4v) is 4.39. The van der Waals surface area contributed by atoms with Crippen molar-refractivity contribution in [2.75, 3.05) is 0 Å². The molecule has 0 bridgehead atoms. The van der Waals surface area contributed by atoms with Crippen molar-refractivity contribution in [2.45, 2.75) is 64.3 Å². The molecule has 0 amide bonds. The number of ketones is 1. The number of Topliss-reactive ketones (excluding diaryl/α,β-unsaturated/α-hetero) is 1. The van der Waals surface area contributed by atoms with Crippen LogP contribution in [-0.4, -0.2) is 20.2 Å². The molecular weight excluding hydrogens is 204 g/mol. The summed E-state index contributed by atoms with van der Waals surface area (Å²) in [5.74, 6) is 0.489. The molecule has 2 atom stereocenters. The van der Waals surface area contributed by atoms with E-state index in [1.165, 1.54) is 6.42 Å². The highest BCUT2D eigenvalue weighted by Gasteiger charge is 2.52. The molecule has 0 radical (unpaired) electrons. The molecule has 2 aliphatic carbocycles. The highest BCUT2D eigenvalue weighted by Crippen LogP contribution is 2.50. The van der Waals surface area contributed by atoms with Crippen LogP contribution in [-0.2, 0) is 9.22 Å². The van der Waals surface area contributed by atoms with Gasteiger partial charge in [0.1, 0.15) is 5.78 Å². The number of hydrogen-bond donors (Lipinski definition) is 0. The minimum absolute atomic E-state index is 0.0553. The van der Waals surface area contributed by atoms with Crippen molar-refractivity contribution in [3.8, 4) is 0 Å². The first-order valence-electron chi connectivity index (χ1n) is 6.15. The monoisotopic (exact) mass is 226 g/mol. The van der Waals surface area contributed by atoms with Crippen LogP contribution in [0.25, 0.3) is 0 Å². The van der Waals surface area contributed by atoms with Crippen LogP contribution < -0.4 is 0 Å². The summed E-state index contributed by atoms with van der Waals surface area (Å²) in [6.07, 6.45) is 6.59. The zero-order valence-corrected chi connectivity index (χ0v) is 11.1. The molecular formula is C12H22O2Si. The van der Waals surface area contributed by atoms with Gasteiger partial charge in [-0.15, -0.1) is 0 Å². The van der Waals surface area contributed by atoms with Gasteiger partial charge in [-0.25, -0.2) is 0 Å². The lowest BCUT2D eigenvalue weighted by Crippen LogP contribution is -2.42. The quantitative estimate of drug-likeness (QED) is 0.676. The molecule has 0 saturated heterocycles. The van der Waals surface area contributed by atoms with Crippen molar-refractivity contribution in [1.82, 2.24) is 0 Å². The van der Waals surface area contributed by atoms with Crippen molar-refractivity contribution in [2.24, 2.45) is 5.41 Å². The Hall–Kier alpha value is -0.153. The van der Waals surface area contributed by atoms with Gasteiger partial charge in [-0.2, -0.15) is 0 Å². The van der Waals surface area contributed by atoms with Crippen LogP contribution in [0.15, 0.2) is 0 Å². The predicted molar refractivity (Wildman–Crippen MR) is 63.4 cm³/mol. The van der Waals surface area contributed by atoms with E-state index in [0.717, 1.165) is 32.1 Å². The van der Waals surface area contributed by atoms with E-state index in [1.54, 1.807) is 0 Å². The summed E-state index contributed by atoms with van der Waals surface area (Å²) >= 11 is 0. The predicted octanol–water partition coefficient (Wildman–Crippen LogP) is 3.13. The first-order valence-corrected chi connectivity index (χ1v) is 9.56. The van der Waals surface area contributed by atoms with Gasteiger partial charge in [-0.3, -0.25) is 4.79 Å². The Morgan fingerprint density at radius 1 is 1.27 bits per heavy atom. The minimum Gasteiger partial charge on any atom is -0.414 e. The second kappa shape index (κ2) is 3.70. The van der Waals surface area contributed by atoms with Gasteiger partial charge in [0.25, 0.3) is 0 Å². The van der Waals surface area contributed by atoms with E-state index in [4.69, 9.17) is 4.43 Å². The molecule has 0 N–H and O–H groups in total. The summed E-state index contributed by atoms with van der Waals surface area (Å²) in [4.78, 5) is 12.0. The molecule has 1 spiro atoms. The normalized spacial score (nSPS) is 36.7. The molecule has 2 aliphatic rings. The van der Waals surface area contributed by atoms with Crippen LogP contribution in [0, 0.1) is 5.41 Å². The maximum atomic E-state index is 12.0. The standard InChI is InChI=1S/C12H22O2Si/c1-15(2,3)14-11-7-5-9-12(11)8-4-6-10(12)13/h11H,4-9H2,1-3H3/t11-,12-/m0/s1. The van der Waals surface area contributed by atoms with E-state index in [0.29, 0.717) is 5.78 Å². The molecule has 2 nitrogen and oxygen atoms in total. The third kappa shape index (κ3) is 2.04. The zero-order chi connectivity index (χ0) is 11.1. The van der Waals surface area contributed by atoms with Gasteiger partial charge in [0.2, 0.25) is 0 Å². The fourth-order valence-electron chi connectivity index (χ4n) is 3.20. The van der Waals surface area contributed by atoms with Gasteiger partial charge < -0.3 is 4.43 Å². The van der Waals surface area contributed by atoms with Crippen molar-refractivity contribution in [1.29, 1.82) is 0 Å². The Bertz CT molecular complexity index is 265. The van der Waals surface area contributed by atoms with E-state index >= 15 is 0 Å². The minimum atomic E-state index is -1.50. The number of carbonyl (C=O) groups excluding carboxylic acids is 1. The van der Waals surface area contributed by atoms with E-state index in [2.05, 4.69) is 19.6 Å². The average Bonchev–Trinajstić information content (AvgIpc) is 2.62. The van der Waals surface area contributed by atoms with Crippen LogP contribution >= 0.6 is 0 Å². The summed E-state index contributed by atoms with van der Waals surface area (Å²) < 4.78 is 6.22. The maximum absolute atomic E-state index is 12.0. The van der Waals surface area contributed by atoms with E-state index in [-0.39, 0.29) is 11.5 Å². The Morgan fingerprint density at radius 3 is 2.47 bits per heavy atom. The van der Waals surface area contributed by atoms with E-state index in [1.807, 2.05) is 0 Å². The molecule has 0 aromatic rings. The molecule has 2 saturated carbocycles. The maximum Gasteiger partial charge on any atom is 0.184 e. The Balaban J connectivity index is 2.14. The largest absolute Gasteiger partial charge is 0.414 e. The molecule has 0 heterocycles. The third-order valence-corrected chi connectivity index (χ3v) is 4.78. The van der Waals surface area contributed by atoms with Gasteiger partial charge >= 0.3 is 0 Å². The second-order valence-electron chi connectivity index (χ2n) is 6.04. The first-order chi connectivity index (χ1) is 6.94. The third-order valence-electron chi connectivity index (χ3n) is 3.78. The summed E-state index contributed by atoms with van der Waals surface area (Å²) in [7, 11) is -1.50. The van der Waals surface area contributed by atoms with Crippen LogP contribution in [0.1, 0.15) is 38.5 Å². The van der Waals surface area contributed by atoms with Gasteiger partial charge in [-0.05, 0) is 51.7 Å². The Kier molecular flexibility index (Phi) is 2.80. The van der Waals surface area contributed by atoms with Crippen molar-refractivity contribution >= 4 is 14.1 Å². The molecule has 0 aliphatic heterocycles. The van der Waals surface area contributed by atoms with E-state index < -0.39 is 8.32 Å². The van der Waals surface area contributed by atoms with Crippen molar-refractivity contribution < 1.29 is 9.22 Å². The molecule has 15 heavy (non-hydrogen) atoms. The van der Waals surface area contributed by atoms with Crippen molar-refractivity contribution in [3.63, 3.8) is 0 Å². The molecule has 2 rings (SSSR count). The number of hydrogen-bond acceptors (Lipinski definition) is 2. The first kappa shape index (κ1) is 11.3. The Morgan fingerprint density at radius 2 is 1.93 bits per heavy atom. The highest BCUT2D eigenvalue weighted by atomic mass is 28.4. The van der Waals surface area contributed by atoms with E-state index in [9.17, 15) is 4.79 Å². The van der Waals surface area contributed by atoms with Crippen molar-refractivity contribution in [3.05, 3.63) is 0 Å². The van der Waals surface area contributed by atoms with Crippen LogP contribution in [0.2, 0.25) is 19.6 Å². The number of rotatable bonds is 2. The second-order valence-corrected chi connectivity index (χ2v) is 10.5. The lowest BCUT2D eigenvalue weighted by molar-refractivity contribution is -0.129. The zero-order valence-electron chi connectivity index (χ0n) is 10.1. The molecule has 0 aromatic carbocycles. The van der Waals surface area contributed by atoms with Crippen LogP contribution in [0.3, 0.4) is 0 Å². The lowest BCUT2D eigenvalue weighted by atomic mass is 9.81. The van der Waals surface area contributed by atoms with Gasteiger partial charge in [0, 0.05) is 6.42 Å². The summed E-state index contributed by atoms with van der Waals surface area (Å²) in [6, 6.07) is 0. The molecule has 2 fully saturated rings. The summed E-state index contributed by atoms with van der Waals surface area (Å²) in [5.41, 5.74) is -0.0553. The lowest BCUT2D eigenvalue weighted by Gasteiger charge is -2.34. The number of carbonyl (C=O) groups is 1. The highest BCUT2D eigenvalue weighted by molar-refractivity contribution is 6.69. The average molecular weight is 226 g/mol. The smallest absolute Gasteiger partial charge is 0.184 e. The SMILES string of the molecule is C[Si](C)(C)O[C@H]1CCC[C@]12CCCC2=O. The molecule has 0 unspecified atom stereocenters. The summed E-state index contributed by atoms with van der Waals surface area (Å²) in [5, 5.41) is 0. The molecule has 3 heteroatoms. The van der Waals surface area contributed by atoms with Gasteiger partial charge in [-0.1, -0.05) is 0 Å². The summed E-state index contributed by atoms with van der Waals surface area (Å²) in [6.45, 7) is 6.66. The Labute approximate surface area is 93.5 Å². The molecule has 0 aromatic heterocycles. The van der Waals surface area contributed by atoms with Gasteiger partial charge in [0.15, 0.2) is 8.32 Å².